The van der Waals surface area contributed by atoms with Gasteiger partial charge in [-0.3, -0.25) is 14.4 Å². The first-order valence-corrected chi connectivity index (χ1v) is 9.39. The van der Waals surface area contributed by atoms with Crippen LogP contribution in [0.3, 0.4) is 0 Å². The van der Waals surface area contributed by atoms with E-state index in [1.807, 2.05) is 7.05 Å². The van der Waals surface area contributed by atoms with Crippen LogP contribution in [0.2, 0.25) is 0 Å². The molecule has 1 saturated heterocycles. The minimum atomic E-state index is -0.577. The minimum Gasteiger partial charge on any atom is -0.351 e. The molecule has 1 N–H and O–H groups in total. The van der Waals surface area contributed by atoms with Crippen molar-refractivity contribution in [3.05, 3.63) is 35.6 Å². The van der Waals surface area contributed by atoms with E-state index < -0.39 is 11.7 Å². The lowest BCUT2D eigenvalue weighted by atomic mass is 9.88. The van der Waals surface area contributed by atoms with Crippen molar-refractivity contribution in [2.75, 3.05) is 27.2 Å². The summed E-state index contributed by atoms with van der Waals surface area (Å²) in [4.78, 5) is 39.9. The second kappa shape index (κ2) is 8.06. The normalized spacial score (nSPS) is 24.5. The van der Waals surface area contributed by atoms with E-state index in [-0.39, 0.29) is 36.4 Å². The number of carbonyl (C=O) groups is 3. The molecule has 3 atom stereocenters. The molecule has 3 amide bonds. The second-order valence-corrected chi connectivity index (χ2v) is 7.61. The molecule has 0 spiro atoms. The van der Waals surface area contributed by atoms with Crippen molar-refractivity contribution in [1.82, 2.24) is 15.1 Å². The summed E-state index contributed by atoms with van der Waals surface area (Å²) < 4.78 is 13.6. The monoisotopic (exact) mass is 375 g/mol. The van der Waals surface area contributed by atoms with Crippen LogP contribution >= 0.6 is 0 Å². The third-order valence-corrected chi connectivity index (χ3v) is 5.87. The molecule has 1 aliphatic carbocycles. The first-order chi connectivity index (χ1) is 12.9. The predicted octanol–water partition coefficient (Wildman–Crippen LogP) is 1.66. The number of nitrogens with one attached hydrogen (secondary N) is 1. The lowest BCUT2D eigenvalue weighted by Crippen LogP contribution is -2.40. The summed E-state index contributed by atoms with van der Waals surface area (Å²) in [6, 6.07) is 5.90. The van der Waals surface area contributed by atoms with Gasteiger partial charge in [-0.15, -0.1) is 0 Å². The Morgan fingerprint density at radius 2 is 1.96 bits per heavy atom. The van der Waals surface area contributed by atoms with Crippen LogP contribution in [0.1, 0.15) is 36.0 Å². The third kappa shape index (κ3) is 4.28. The second-order valence-electron chi connectivity index (χ2n) is 7.61. The molecule has 0 aromatic heterocycles. The van der Waals surface area contributed by atoms with E-state index in [4.69, 9.17) is 0 Å². The Bertz CT molecular complexity index is 739. The van der Waals surface area contributed by atoms with Crippen LogP contribution in [0, 0.1) is 17.7 Å². The molecule has 2 aliphatic rings. The molecule has 0 unspecified atom stereocenters. The van der Waals surface area contributed by atoms with E-state index in [2.05, 4.69) is 5.32 Å². The number of likely N-dealkylation sites (tertiary alicyclic amines) is 1. The van der Waals surface area contributed by atoms with Crippen molar-refractivity contribution in [1.29, 1.82) is 0 Å². The fraction of sp³-hybridized carbons (Fsp3) is 0.550. The number of amides is 3. The lowest BCUT2D eigenvalue weighted by molar-refractivity contribution is -0.135. The van der Waals surface area contributed by atoms with Gasteiger partial charge in [0.2, 0.25) is 11.8 Å². The summed E-state index contributed by atoms with van der Waals surface area (Å²) in [5.41, 5.74) is -0.0213. The fourth-order valence-electron chi connectivity index (χ4n) is 4.21. The molecule has 2 fully saturated rings. The van der Waals surface area contributed by atoms with Crippen LogP contribution < -0.4 is 5.32 Å². The zero-order valence-corrected chi connectivity index (χ0v) is 15.8. The SMILES string of the molecule is CN1C[C@@H]2C[C@H](N(C)C(=O)CCNC(=O)c3ccccc3F)C[C@@H]2CC1=O. The van der Waals surface area contributed by atoms with Crippen molar-refractivity contribution >= 4 is 17.7 Å². The number of hydrogen-bond acceptors (Lipinski definition) is 3. The maximum absolute atomic E-state index is 13.6. The zero-order chi connectivity index (χ0) is 19.6. The van der Waals surface area contributed by atoms with Gasteiger partial charge in [0, 0.05) is 46.1 Å². The number of piperidine rings is 1. The standard InChI is InChI=1S/C20H26FN3O3/c1-23-12-14-10-15(9-13(14)11-19(23)26)24(2)18(25)7-8-22-20(27)16-5-3-4-6-17(16)21/h3-6,13-15H,7-12H2,1-2H3,(H,22,27)/t13-,14+,15-/m1/s1. The minimum absolute atomic E-state index is 0.0213. The van der Waals surface area contributed by atoms with Crippen molar-refractivity contribution in [3.8, 4) is 0 Å². The largest absolute Gasteiger partial charge is 0.351 e. The Hall–Kier alpha value is -2.44. The molecular formula is C20H26FN3O3. The number of benzene rings is 1. The number of rotatable bonds is 5. The van der Waals surface area contributed by atoms with E-state index in [9.17, 15) is 18.8 Å². The Balaban J connectivity index is 1.47. The van der Waals surface area contributed by atoms with E-state index in [0.29, 0.717) is 18.3 Å². The predicted molar refractivity (Wildman–Crippen MR) is 98.4 cm³/mol. The summed E-state index contributed by atoms with van der Waals surface area (Å²) >= 11 is 0. The summed E-state index contributed by atoms with van der Waals surface area (Å²) in [5, 5.41) is 2.60. The van der Waals surface area contributed by atoms with Gasteiger partial charge < -0.3 is 15.1 Å². The summed E-state index contributed by atoms with van der Waals surface area (Å²) in [5.74, 6) is -0.152. The number of halogens is 1. The highest BCUT2D eigenvalue weighted by Gasteiger charge is 2.42. The van der Waals surface area contributed by atoms with Crippen molar-refractivity contribution in [3.63, 3.8) is 0 Å². The molecule has 1 heterocycles. The van der Waals surface area contributed by atoms with Gasteiger partial charge >= 0.3 is 0 Å². The molecule has 1 aromatic rings. The molecule has 146 valence electrons. The summed E-state index contributed by atoms with van der Waals surface area (Å²) in [7, 11) is 3.62. The van der Waals surface area contributed by atoms with Crippen LogP contribution in [-0.2, 0) is 9.59 Å². The quantitative estimate of drug-likeness (QED) is 0.851. The highest BCUT2D eigenvalue weighted by atomic mass is 19.1. The van der Waals surface area contributed by atoms with E-state index in [1.165, 1.54) is 18.2 Å². The van der Waals surface area contributed by atoms with Gasteiger partial charge in [0.05, 0.1) is 5.56 Å². The van der Waals surface area contributed by atoms with Crippen LogP contribution in [-0.4, -0.2) is 60.7 Å². The molecule has 7 heteroatoms. The Morgan fingerprint density at radius 1 is 1.26 bits per heavy atom. The Labute approximate surface area is 158 Å². The molecule has 1 aromatic carbocycles. The highest BCUT2D eigenvalue weighted by Crippen LogP contribution is 2.40. The topological polar surface area (TPSA) is 69.7 Å². The zero-order valence-electron chi connectivity index (χ0n) is 15.8. The van der Waals surface area contributed by atoms with Gasteiger partial charge in [0.1, 0.15) is 5.82 Å². The van der Waals surface area contributed by atoms with Crippen molar-refractivity contribution < 1.29 is 18.8 Å². The fourth-order valence-corrected chi connectivity index (χ4v) is 4.21. The summed E-state index contributed by atoms with van der Waals surface area (Å²) in [6.45, 7) is 0.928. The van der Waals surface area contributed by atoms with E-state index >= 15 is 0 Å². The molecular weight excluding hydrogens is 349 g/mol. The lowest BCUT2D eigenvalue weighted by Gasteiger charge is -2.31. The van der Waals surface area contributed by atoms with Crippen LogP contribution in [0.5, 0.6) is 0 Å². The summed E-state index contributed by atoms with van der Waals surface area (Å²) in [6.07, 6.45) is 2.50. The number of carbonyl (C=O) groups excluding carboxylic acids is 3. The average molecular weight is 375 g/mol. The first kappa shape index (κ1) is 19.3. The third-order valence-electron chi connectivity index (χ3n) is 5.87. The molecule has 6 nitrogen and oxygen atoms in total. The van der Waals surface area contributed by atoms with Gasteiger partial charge in [0.25, 0.3) is 5.91 Å². The molecule has 1 aliphatic heterocycles. The smallest absolute Gasteiger partial charge is 0.254 e. The molecule has 0 radical (unpaired) electrons. The molecule has 1 saturated carbocycles. The highest BCUT2D eigenvalue weighted by molar-refractivity contribution is 5.94. The number of hydrogen-bond donors (Lipinski definition) is 1. The molecule has 27 heavy (non-hydrogen) atoms. The van der Waals surface area contributed by atoms with Gasteiger partial charge in [-0.2, -0.15) is 0 Å². The molecule has 0 bridgehead atoms. The van der Waals surface area contributed by atoms with E-state index in [0.717, 1.165) is 19.4 Å². The Morgan fingerprint density at radius 3 is 2.70 bits per heavy atom. The first-order valence-electron chi connectivity index (χ1n) is 9.39. The number of fused-ring (bicyclic) bond motifs is 1. The van der Waals surface area contributed by atoms with Gasteiger partial charge in [-0.05, 0) is 36.8 Å². The van der Waals surface area contributed by atoms with Crippen molar-refractivity contribution in [2.24, 2.45) is 11.8 Å². The van der Waals surface area contributed by atoms with Crippen LogP contribution in [0.4, 0.5) is 4.39 Å². The number of nitrogens with zero attached hydrogens (tertiary/aromatic N) is 2. The van der Waals surface area contributed by atoms with Crippen LogP contribution in [0.15, 0.2) is 24.3 Å². The maximum Gasteiger partial charge on any atom is 0.254 e. The average Bonchev–Trinajstić information content (AvgIpc) is 3.04. The Kier molecular flexibility index (Phi) is 5.77. The van der Waals surface area contributed by atoms with E-state index in [1.54, 1.807) is 22.9 Å². The van der Waals surface area contributed by atoms with Gasteiger partial charge in [-0.1, -0.05) is 12.1 Å². The van der Waals surface area contributed by atoms with Crippen molar-refractivity contribution in [2.45, 2.75) is 31.7 Å². The van der Waals surface area contributed by atoms with Gasteiger partial charge in [-0.25, -0.2) is 4.39 Å². The van der Waals surface area contributed by atoms with Crippen LogP contribution in [0.25, 0.3) is 0 Å². The molecule has 3 rings (SSSR count). The maximum atomic E-state index is 13.6. The van der Waals surface area contributed by atoms with Gasteiger partial charge in [0.15, 0.2) is 0 Å².